The van der Waals surface area contributed by atoms with Crippen LogP contribution in [0.3, 0.4) is 0 Å². The summed E-state index contributed by atoms with van der Waals surface area (Å²) in [7, 11) is 0. The Kier molecular flexibility index (Phi) is 4.42. The van der Waals surface area contributed by atoms with E-state index in [1.807, 2.05) is 0 Å². The first kappa shape index (κ1) is 13.4. The molecule has 90 valence electrons. The van der Waals surface area contributed by atoms with Gasteiger partial charge in [-0.25, -0.2) is 4.79 Å². The van der Waals surface area contributed by atoms with E-state index in [0.29, 0.717) is 5.69 Å². The van der Waals surface area contributed by atoms with Gasteiger partial charge in [0.15, 0.2) is 5.11 Å². The number of anilines is 1. The molecule has 0 heterocycles. The van der Waals surface area contributed by atoms with Gasteiger partial charge in [-0.1, -0.05) is 11.6 Å². The van der Waals surface area contributed by atoms with E-state index in [1.54, 1.807) is 0 Å². The second-order valence-corrected chi connectivity index (χ2v) is 3.95. The number of carbonyl (C=O) groups is 2. The van der Waals surface area contributed by atoms with Crippen molar-refractivity contribution in [3.63, 3.8) is 0 Å². The molecule has 5 nitrogen and oxygen atoms in total. The number of rotatable bonds is 2. The number of amides is 1. The van der Waals surface area contributed by atoms with E-state index in [4.69, 9.17) is 28.9 Å². The van der Waals surface area contributed by atoms with Crippen molar-refractivity contribution < 1.29 is 14.7 Å². The molecular weight excluding hydrogens is 264 g/mol. The minimum absolute atomic E-state index is 0.00246. The highest BCUT2D eigenvalue weighted by Crippen LogP contribution is 2.20. The lowest BCUT2D eigenvalue weighted by atomic mass is 10.2. The molecule has 0 aliphatic carbocycles. The largest absolute Gasteiger partial charge is 0.478 e. The van der Waals surface area contributed by atoms with E-state index < -0.39 is 5.97 Å². The van der Waals surface area contributed by atoms with Crippen LogP contribution in [0.5, 0.6) is 0 Å². The monoisotopic (exact) mass is 272 g/mol. The predicted molar refractivity (Wildman–Crippen MR) is 68.4 cm³/mol. The highest BCUT2D eigenvalue weighted by atomic mass is 35.5. The Morgan fingerprint density at radius 2 is 2.06 bits per heavy atom. The number of carboxylic acid groups (broad SMARTS) is 1. The summed E-state index contributed by atoms with van der Waals surface area (Å²) >= 11 is 10.6. The van der Waals surface area contributed by atoms with Gasteiger partial charge in [-0.3, -0.25) is 4.79 Å². The van der Waals surface area contributed by atoms with Crippen molar-refractivity contribution in [3.8, 4) is 0 Å². The summed E-state index contributed by atoms with van der Waals surface area (Å²) in [5.41, 5.74) is 0.501. The molecule has 0 radical (unpaired) electrons. The standard InChI is InChI=1S/C10H9ClN2O3S/c1-5(14)12-10(17)13-6-2-3-7(9(15)16)8(11)4-6/h2-4H,1H3,(H,15,16)(H2,12,13,14,17). The molecule has 17 heavy (non-hydrogen) atoms. The molecule has 1 aromatic carbocycles. The third kappa shape index (κ3) is 4.01. The van der Waals surface area contributed by atoms with E-state index in [9.17, 15) is 9.59 Å². The van der Waals surface area contributed by atoms with Crippen molar-refractivity contribution in [1.29, 1.82) is 0 Å². The van der Waals surface area contributed by atoms with E-state index in [2.05, 4.69) is 10.6 Å². The normalized spacial score (nSPS) is 9.53. The fraction of sp³-hybridized carbons (Fsp3) is 0.100. The molecule has 7 heteroatoms. The number of benzene rings is 1. The number of thiocarbonyl (C=S) groups is 1. The number of hydrogen-bond acceptors (Lipinski definition) is 3. The molecule has 0 aliphatic heterocycles. The minimum Gasteiger partial charge on any atom is -0.478 e. The first-order chi connectivity index (χ1) is 7.90. The summed E-state index contributed by atoms with van der Waals surface area (Å²) in [5, 5.41) is 14.1. The zero-order valence-electron chi connectivity index (χ0n) is 8.78. The van der Waals surface area contributed by atoms with Crippen LogP contribution in [0.2, 0.25) is 5.02 Å². The summed E-state index contributed by atoms with van der Waals surface area (Å²) < 4.78 is 0. The van der Waals surface area contributed by atoms with Crippen LogP contribution in [0.4, 0.5) is 5.69 Å². The van der Waals surface area contributed by atoms with Gasteiger partial charge in [-0.2, -0.15) is 0 Å². The number of halogens is 1. The second kappa shape index (κ2) is 5.60. The van der Waals surface area contributed by atoms with Crippen molar-refractivity contribution in [2.24, 2.45) is 0 Å². The first-order valence-corrected chi connectivity index (χ1v) is 5.30. The zero-order valence-corrected chi connectivity index (χ0v) is 10.4. The lowest BCUT2D eigenvalue weighted by Crippen LogP contribution is -2.32. The van der Waals surface area contributed by atoms with Gasteiger partial charge in [0.05, 0.1) is 10.6 Å². The van der Waals surface area contributed by atoms with Gasteiger partial charge in [-0.05, 0) is 30.4 Å². The Balaban J connectivity index is 2.81. The van der Waals surface area contributed by atoms with Crippen molar-refractivity contribution in [3.05, 3.63) is 28.8 Å². The molecule has 0 bridgehead atoms. The van der Waals surface area contributed by atoms with Crippen LogP contribution < -0.4 is 10.6 Å². The molecule has 0 aromatic heterocycles. The van der Waals surface area contributed by atoms with E-state index >= 15 is 0 Å². The Hall–Kier alpha value is -1.66. The Morgan fingerprint density at radius 1 is 1.41 bits per heavy atom. The topological polar surface area (TPSA) is 78.4 Å². The second-order valence-electron chi connectivity index (χ2n) is 3.14. The van der Waals surface area contributed by atoms with Crippen molar-refractivity contribution >= 4 is 46.5 Å². The lowest BCUT2D eigenvalue weighted by molar-refractivity contribution is -0.117. The third-order valence-electron chi connectivity index (χ3n) is 1.75. The minimum atomic E-state index is -1.11. The maximum Gasteiger partial charge on any atom is 0.337 e. The maximum atomic E-state index is 10.7. The van der Waals surface area contributed by atoms with Gasteiger partial charge in [0.1, 0.15) is 0 Å². The van der Waals surface area contributed by atoms with Gasteiger partial charge in [0.2, 0.25) is 5.91 Å². The molecule has 0 spiro atoms. The van der Waals surface area contributed by atoms with Gasteiger partial charge in [0.25, 0.3) is 0 Å². The molecule has 0 unspecified atom stereocenters. The average molecular weight is 273 g/mol. The molecule has 1 amide bonds. The molecule has 0 aliphatic rings. The first-order valence-electron chi connectivity index (χ1n) is 4.51. The maximum absolute atomic E-state index is 10.7. The smallest absolute Gasteiger partial charge is 0.337 e. The summed E-state index contributed by atoms with van der Waals surface area (Å²) in [6, 6.07) is 4.27. The van der Waals surface area contributed by atoms with Crippen LogP contribution >= 0.6 is 23.8 Å². The fourth-order valence-electron chi connectivity index (χ4n) is 1.09. The molecule has 0 saturated heterocycles. The number of aromatic carboxylic acids is 1. The Morgan fingerprint density at radius 3 is 2.53 bits per heavy atom. The van der Waals surface area contributed by atoms with Crippen LogP contribution in [0.25, 0.3) is 0 Å². The Bertz CT molecular complexity index is 490. The summed E-state index contributed by atoms with van der Waals surface area (Å²) in [6.45, 7) is 1.33. The van der Waals surface area contributed by atoms with Crippen LogP contribution in [0.1, 0.15) is 17.3 Å². The quantitative estimate of drug-likeness (QED) is 0.717. The molecule has 0 saturated carbocycles. The van der Waals surface area contributed by atoms with Crippen molar-refractivity contribution in [2.75, 3.05) is 5.32 Å². The molecule has 1 aromatic rings. The van der Waals surface area contributed by atoms with E-state index in [0.717, 1.165) is 0 Å². The van der Waals surface area contributed by atoms with Crippen LogP contribution in [-0.4, -0.2) is 22.1 Å². The molecule has 1 rings (SSSR count). The van der Waals surface area contributed by atoms with E-state index in [-0.39, 0.29) is 21.6 Å². The number of carboxylic acids is 1. The highest BCUT2D eigenvalue weighted by molar-refractivity contribution is 7.80. The molecule has 0 atom stereocenters. The SMILES string of the molecule is CC(=O)NC(=S)Nc1ccc(C(=O)O)c(Cl)c1. The van der Waals surface area contributed by atoms with Crippen LogP contribution in [0.15, 0.2) is 18.2 Å². The number of hydrogen-bond donors (Lipinski definition) is 3. The van der Waals surface area contributed by atoms with Gasteiger partial charge in [0, 0.05) is 12.6 Å². The third-order valence-corrected chi connectivity index (χ3v) is 2.26. The fourth-order valence-corrected chi connectivity index (χ4v) is 1.61. The number of carbonyl (C=O) groups excluding carboxylic acids is 1. The van der Waals surface area contributed by atoms with Crippen LogP contribution in [0, 0.1) is 0 Å². The van der Waals surface area contributed by atoms with Crippen molar-refractivity contribution in [2.45, 2.75) is 6.92 Å². The highest BCUT2D eigenvalue weighted by Gasteiger charge is 2.09. The molecular formula is C10H9ClN2O3S. The summed E-state index contributed by atoms with van der Waals surface area (Å²) in [6.07, 6.45) is 0. The van der Waals surface area contributed by atoms with Crippen molar-refractivity contribution in [1.82, 2.24) is 5.32 Å². The summed E-state index contributed by atoms with van der Waals surface area (Å²) in [4.78, 5) is 21.4. The Labute approximate surface area is 108 Å². The van der Waals surface area contributed by atoms with E-state index in [1.165, 1.54) is 25.1 Å². The average Bonchev–Trinajstić information content (AvgIpc) is 2.15. The van der Waals surface area contributed by atoms with Gasteiger partial charge in [-0.15, -0.1) is 0 Å². The molecule has 0 fully saturated rings. The van der Waals surface area contributed by atoms with Crippen LogP contribution in [-0.2, 0) is 4.79 Å². The predicted octanol–water partition coefficient (Wildman–Crippen LogP) is 1.87. The van der Waals surface area contributed by atoms with Gasteiger partial charge >= 0.3 is 5.97 Å². The molecule has 3 N–H and O–H groups in total. The zero-order chi connectivity index (χ0) is 13.0. The van der Waals surface area contributed by atoms with Gasteiger partial charge < -0.3 is 15.7 Å². The number of nitrogens with one attached hydrogen (secondary N) is 2. The summed E-state index contributed by atoms with van der Waals surface area (Å²) in [5.74, 6) is -1.40. The lowest BCUT2D eigenvalue weighted by Gasteiger charge is -2.09.